The molecule has 1 aromatic carbocycles. The molecular weight excluding hydrogens is 338 g/mol. The van der Waals surface area contributed by atoms with E-state index < -0.39 is 0 Å². The van der Waals surface area contributed by atoms with Crippen LogP contribution < -0.4 is 5.32 Å². The van der Waals surface area contributed by atoms with Crippen LogP contribution in [0.5, 0.6) is 0 Å². The summed E-state index contributed by atoms with van der Waals surface area (Å²) < 4.78 is 4.90. The van der Waals surface area contributed by atoms with Crippen molar-refractivity contribution in [1.82, 2.24) is 14.9 Å². The van der Waals surface area contributed by atoms with Crippen LogP contribution in [0.15, 0.2) is 28.7 Å². The lowest BCUT2D eigenvalue weighted by atomic mass is 10.1. The molecule has 0 aliphatic heterocycles. The number of benzene rings is 1. The lowest BCUT2D eigenvalue weighted by molar-refractivity contribution is 0.0943. The monoisotopic (exact) mass is 353 g/mol. The van der Waals surface area contributed by atoms with Crippen molar-refractivity contribution in [3.63, 3.8) is 0 Å². The number of aryl methyl sites for hydroxylation is 1. The standard InChI is InChI=1S/C14H16BrN3OS/c1-3-12-13(20-18-17-12)14(19)16-9(2)8-10-4-6-11(15)7-5-10/h4-7,9H,3,8H2,1-2H3,(H,16,19)/t9-/m1/s1. The normalized spacial score (nSPS) is 12.2. The molecule has 0 bridgehead atoms. The minimum Gasteiger partial charge on any atom is -0.348 e. The Hall–Kier alpha value is -1.27. The van der Waals surface area contributed by atoms with E-state index in [-0.39, 0.29) is 11.9 Å². The second-order valence-electron chi connectivity index (χ2n) is 4.61. The van der Waals surface area contributed by atoms with E-state index in [2.05, 4.69) is 43.0 Å². The van der Waals surface area contributed by atoms with Crippen LogP contribution >= 0.6 is 27.5 Å². The summed E-state index contributed by atoms with van der Waals surface area (Å²) in [5.41, 5.74) is 1.96. The Morgan fingerprint density at radius 3 is 2.75 bits per heavy atom. The molecular formula is C14H16BrN3OS. The van der Waals surface area contributed by atoms with Gasteiger partial charge in [-0.1, -0.05) is 39.5 Å². The first-order valence-electron chi connectivity index (χ1n) is 6.46. The van der Waals surface area contributed by atoms with Crippen LogP contribution in [-0.2, 0) is 12.8 Å². The van der Waals surface area contributed by atoms with Gasteiger partial charge in [0.1, 0.15) is 4.88 Å². The molecule has 20 heavy (non-hydrogen) atoms. The molecule has 0 unspecified atom stereocenters. The minimum absolute atomic E-state index is 0.0653. The van der Waals surface area contributed by atoms with Gasteiger partial charge in [0.05, 0.1) is 5.69 Å². The zero-order valence-electron chi connectivity index (χ0n) is 11.4. The highest BCUT2D eigenvalue weighted by Gasteiger charge is 2.16. The highest BCUT2D eigenvalue weighted by Crippen LogP contribution is 2.13. The molecule has 106 valence electrons. The van der Waals surface area contributed by atoms with Crippen molar-refractivity contribution in [3.8, 4) is 0 Å². The average molecular weight is 354 g/mol. The second kappa shape index (κ2) is 6.95. The smallest absolute Gasteiger partial charge is 0.265 e. The number of hydrogen-bond donors (Lipinski definition) is 1. The Morgan fingerprint density at radius 2 is 2.10 bits per heavy atom. The van der Waals surface area contributed by atoms with Crippen molar-refractivity contribution < 1.29 is 4.79 Å². The third kappa shape index (κ3) is 3.86. The van der Waals surface area contributed by atoms with E-state index in [1.165, 1.54) is 5.56 Å². The summed E-state index contributed by atoms with van der Waals surface area (Å²) >= 11 is 4.56. The SMILES string of the molecule is CCc1nnsc1C(=O)N[C@H](C)Cc1ccc(Br)cc1. The third-order valence-electron chi connectivity index (χ3n) is 2.93. The highest BCUT2D eigenvalue weighted by molar-refractivity contribution is 9.10. The van der Waals surface area contributed by atoms with Crippen LogP contribution in [0.2, 0.25) is 0 Å². The van der Waals surface area contributed by atoms with Gasteiger partial charge in [0, 0.05) is 10.5 Å². The van der Waals surface area contributed by atoms with Gasteiger partial charge in [-0.15, -0.1) is 5.10 Å². The lowest BCUT2D eigenvalue weighted by Gasteiger charge is -2.13. The maximum absolute atomic E-state index is 12.2. The van der Waals surface area contributed by atoms with E-state index >= 15 is 0 Å². The van der Waals surface area contributed by atoms with Gasteiger partial charge < -0.3 is 5.32 Å². The number of rotatable bonds is 5. The van der Waals surface area contributed by atoms with Crippen molar-refractivity contribution in [1.29, 1.82) is 0 Å². The van der Waals surface area contributed by atoms with Crippen molar-refractivity contribution in [2.75, 3.05) is 0 Å². The van der Waals surface area contributed by atoms with Crippen LogP contribution in [0.1, 0.15) is 34.8 Å². The number of carbonyl (C=O) groups is 1. The Morgan fingerprint density at radius 1 is 1.40 bits per heavy atom. The van der Waals surface area contributed by atoms with Gasteiger partial charge in [-0.2, -0.15) is 0 Å². The molecule has 4 nitrogen and oxygen atoms in total. The van der Waals surface area contributed by atoms with Crippen LogP contribution in [0, 0.1) is 0 Å². The fraction of sp³-hybridized carbons (Fsp3) is 0.357. The largest absolute Gasteiger partial charge is 0.348 e. The molecule has 1 heterocycles. The fourth-order valence-corrected chi connectivity index (χ4v) is 2.84. The van der Waals surface area contributed by atoms with E-state index in [4.69, 9.17) is 0 Å². The highest BCUT2D eigenvalue weighted by atomic mass is 79.9. The van der Waals surface area contributed by atoms with Crippen LogP contribution in [0.25, 0.3) is 0 Å². The molecule has 1 amide bonds. The van der Waals surface area contributed by atoms with Gasteiger partial charge in [-0.3, -0.25) is 4.79 Å². The number of nitrogens with one attached hydrogen (secondary N) is 1. The summed E-state index contributed by atoms with van der Waals surface area (Å²) in [5.74, 6) is -0.0820. The molecule has 1 N–H and O–H groups in total. The molecule has 0 saturated carbocycles. The molecule has 6 heteroatoms. The minimum atomic E-state index is -0.0820. The summed E-state index contributed by atoms with van der Waals surface area (Å²) in [5, 5.41) is 6.96. The summed E-state index contributed by atoms with van der Waals surface area (Å²) in [6.45, 7) is 3.97. The fourth-order valence-electron chi connectivity index (χ4n) is 1.93. The number of amides is 1. The Labute approximate surface area is 130 Å². The van der Waals surface area contributed by atoms with Gasteiger partial charge >= 0.3 is 0 Å². The number of aromatic nitrogens is 2. The van der Waals surface area contributed by atoms with Gasteiger partial charge in [0.2, 0.25) is 0 Å². The zero-order valence-corrected chi connectivity index (χ0v) is 13.8. The molecule has 1 aromatic heterocycles. The maximum atomic E-state index is 12.2. The summed E-state index contributed by atoms with van der Waals surface area (Å²) in [4.78, 5) is 12.8. The van der Waals surface area contributed by atoms with Crippen molar-refractivity contribution in [2.24, 2.45) is 0 Å². The van der Waals surface area contributed by atoms with Crippen molar-refractivity contribution >= 4 is 33.4 Å². The molecule has 0 saturated heterocycles. The van der Waals surface area contributed by atoms with Gasteiger partial charge in [0.25, 0.3) is 5.91 Å². The topological polar surface area (TPSA) is 54.9 Å². The average Bonchev–Trinajstić information content (AvgIpc) is 2.89. The lowest BCUT2D eigenvalue weighted by Crippen LogP contribution is -2.34. The Bertz CT molecular complexity index is 582. The predicted molar refractivity (Wildman–Crippen MR) is 84.1 cm³/mol. The van der Waals surface area contributed by atoms with Gasteiger partial charge in [-0.25, -0.2) is 0 Å². The first-order valence-corrected chi connectivity index (χ1v) is 8.03. The number of carbonyl (C=O) groups excluding carboxylic acids is 1. The molecule has 2 rings (SSSR count). The van der Waals surface area contributed by atoms with Crippen LogP contribution in [0.3, 0.4) is 0 Å². The zero-order chi connectivity index (χ0) is 14.5. The van der Waals surface area contributed by atoms with E-state index in [0.29, 0.717) is 4.88 Å². The number of halogens is 1. The van der Waals surface area contributed by atoms with E-state index in [9.17, 15) is 4.79 Å². The number of hydrogen-bond acceptors (Lipinski definition) is 4. The summed E-state index contributed by atoms with van der Waals surface area (Å²) in [7, 11) is 0. The maximum Gasteiger partial charge on any atom is 0.265 e. The van der Waals surface area contributed by atoms with Crippen LogP contribution in [0.4, 0.5) is 0 Å². The summed E-state index contributed by atoms with van der Waals surface area (Å²) in [6.07, 6.45) is 1.52. The second-order valence-corrected chi connectivity index (χ2v) is 6.28. The van der Waals surface area contributed by atoms with Crippen molar-refractivity contribution in [3.05, 3.63) is 44.9 Å². The van der Waals surface area contributed by atoms with Gasteiger partial charge in [-0.05, 0) is 49.0 Å². The Kier molecular flexibility index (Phi) is 5.25. The third-order valence-corrected chi connectivity index (χ3v) is 4.23. The van der Waals surface area contributed by atoms with Gasteiger partial charge in [0.15, 0.2) is 0 Å². The molecule has 2 aromatic rings. The van der Waals surface area contributed by atoms with Crippen molar-refractivity contribution in [2.45, 2.75) is 32.7 Å². The molecule has 0 spiro atoms. The molecule has 0 aliphatic carbocycles. The van der Waals surface area contributed by atoms with Crippen LogP contribution in [-0.4, -0.2) is 21.5 Å². The Balaban J connectivity index is 1.96. The molecule has 0 aliphatic rings. The predicted octanol–water partition coefficient (Wildman–Crippen LogP) is 3.22. The molecule has 0 radical (unpaired) electrons. The first-order chi connectivity index (χ1) is 9.60. The first kappa shape index (κ1) is 15.1. The van der Waals surface area contributed by atoms with E-state index in [1.807, 2.05) is 26.0 Å². The summed E-state index contributed by atoms with van der Waals surface area (Å²) in [6, 6.07) is 8.19. The van der Waals surface area contributed by atoms with E-state index in [1.54, 1.807) is 0 Å². The van der Waals surface area contributed by atoms with E-state index in [0.717, 1.165) is 34.5 Å². The number of nitrogens with zero attached hydrogens (tertiary/aromatic N) is 2. The molecule has 0 fully saturated rings. The molecule has 1 atom stereocenters. The quantitative estimate of drug-likeness (QED) is 0.897.